The molecule has 19 heavy (non-hydrogen) atoms. The smallest absolute Gasteiger partial charge is 0.182 e. The van der Waals surface area contributed by atoms with Crippen molar-refractivity contribution in [3.63, 3.8) is 0 Å². The Balaban J connectivity index is 1.87. The second kappa shape index (κ2) is 5.07. The molecular weight excluding hydrogens is 232 g/mol. The molecule has 0 fully saturated rings. The van der Waals surface area contributed by atoms with Crippen LogP contribution in [0.3, 0.4) is 0 Å². The molecule has 0 saturated carbocycles. The predicted molar refractivity (Wildman–Crippen MR) is 78.5 cm³/mol. The van der Waals surface area contributed by atoms with Crippen molar-refractivity contribution in [3.05, 3.63) is 83.4 Å². The minimum absolute atomic E-state index is 0.128. The number of rotatable bonds is 2. The number of carbonyl (C=O) groups excluding carboxylic acids is 1. The van der Waals surface area contributed by atoms with Gasteiger partial charge in [-0.25, -0.2) is 0 Å². The summed E-state index contributed by atoms with van der Waals surface area (Å²) in [6.07, 6.45) is 4.45. The van der Waals surface area contributed by atoms with E-state index >= 15 is 0 Å². The van der Waals surface area contributed by atoms with Crippen molar-refractivity contribution in [3.8, 4) is 0 Å². The van der Waals surface area contributed by atoms with Crippen molar-refractivity contribution in [1.82, 2.24) is 0 Å². The van der Waals surface area contributed by atoms with Gasteiger partial charge in [0.2, 0.25) is 0 Å². The maximum Gasteiger partial charge on any atom is 0.182 e. The molecule has 0 unspecified atom stereocenters. The predicted octanol–water partition coefficient (Wildman–Crippen LogP) is 4.13. The van der Waals surface area contributed by atoms with E-state index < -0.39 is 0 Å². The van der Waals surface area contributed by atoms with Gasteiger partial charge < -0.3 is 0 Å². The Kier molecular flexibility index (Phi) is 3.11. The lowest BCUT2D eigenvalue weighted by Gasteiger charge is -2.01. The average molecular weight is 246 g/mol. The van der Waals surface area contributed by atoms with Crippen LogP contribution < -0.4 is 0 Å². The summed E-state index contributed by atoms with van der Waals surface area (Å²) in [5, 5.41) is 0. The normalized spacial score (nSPS) is 16.7. The number of hydrogen-bond acceptors (Lipinski definition) is 1. The summed E-state index contributed by atoms with van der Waals surface area (Å²) in [6.45, 7) is 0. The quantitative estimate of drug-likeness (QED) is 0.728. The van der Waals surface area contributed by atoms with Crippen molar-refractivity contribution in [2.24, 2.45) is 0 Å². The number of benzene rings is 2. The van der Waals surface area contributed by atoms with Gasteiger partial charge in [0.05, 0.1) is 0 Å². The van der Waals surface area contributed by atoms with Crippen LogP contribution >= 0.6 is 0 Å². The molecule has 0 saturated heterocycles. The van der Waals surface area contributed by atoms with Crippen LogP contribution in [-0.2, 0) is 4.79 Å². The fraction of sp³-hybridized carbons (Fsp3) is 0.0556. The highest BCUT2D eigenvalue weighted by Crippen LogP contribution is 2.30. The van der Waals surface area contributed by atoms with Crippen LogP contribution in [0.15, 0.2) is 72.3 Å². The van der Waals surface area contributed by atoms with Gasteiger partial charge in [0.1, 0.15) is 0 Å². The Labute approximate surface area is 112 Å². The lowest BCUT2D eigenvalue weighted by molar-refractivity contribution is -0.110. The van der Waals surface area contributed by atoms with Crippen molar-refractivity contribution in [2.45, 2.75) is 6.42 Å². The third kappa shape index (κ3) is 2.55. The van der Waals surface area contributed by atoms with E-state index in [1.807, 2.05) is 66.7 Å². The zero-order chi connectivity index (χ0) is 13.1. The van der Waals surface area contributed by atoms with Crippen LogP contribution in [0, 0.1) is 0 Å². The van der Waals surface area contributed by atoms with E-state index in [9.17, 15) is 4.79 Å². The van der Waals surface area contributed by atoms with E-state index in [1.165, 1.54) is 0 Å². The summed E-state index contributed by atoms with van der Waals surface area (Å²) in [5.41, 5.74) is 4.18. The molecule has 1 heteroatoms. The van der Waals surface area contributed by atoms with Gasteiger partial charge in [-0.3, -0.25) is 4.79 Å². The fourth-order valence-corrected chi connectivity index (χ4v) is 2.30. The lowest BCUT2D eigenvalue weighted by Crippen LogP contribution is -1.90. The zero-order valence-electron chi connectivity index (χ0n) is 10.5. The van der Waals surface area contributed by atoms with Gasteiger partial charge in [-0.15, -0.1) is 0 Å². The molecule has 0 aliphatic heterocycles. The maximum absolute atomic E-state index is 12.0. The fourth-order valence-electron chi connectivity index (χ4n) is 2.30. The Morgan fingerprint density at radius 2 is 1.47 bits per heavy atom. The second-order valence-electron chi connectivity index (χ2n) is 4.66. The van der Waals surface area contributed by atoms with Crippen LogP contribution in [0.5, 0.6) is 0 Å². The summed E-state index contributed by atoms with van der Waals surface area (Å²) >= 11 is 0. The van der Waals surface area contributed by atoms with Gasteiger partial charge in [0.15, 0.2) is 5.78 Å². The standard InChI is InChI=1S/C18H14O/c19-18-13-16(15-9-5-2-6-10-15)12-17(18)11-14-7-3-1-4-8-14/h1-11,13H,12H2/b17-11+. The van der Waals surface area contributed by atoms with Gasteiger partial charge >= 0.3 is 0 Å². The van der Waals surface area contributed by atoms with E-state index in [1.54, 1.807) is 6.08 Å². The van der Waals surface area contributed by atoms with E-state index in [0.717, 1.165) is 28.7 Å². The molecule has 0 aromatic heterocycles. The molecule has 2 aromatic carbocycles. The van der Waals surface area contributed by atoms with Crippen molar-refractivity contribution < 1.29 is 4.79 Å². The Morgan fingerprint density at radius 1 is 0.842 bits per heavy atom. The highest BCUT2D eigenvalue weighted by atomic mass is 16.1. The van der Waals surface area contributed by atoms with Gasteiger partial charge in [-0.1, -0.05) is 60.7 Å². The van der Waals surface area contributed by atoms with Gasteiger partial charge in [-0.2, -0.15) is 0 Å². The first-order valence-corrected chi connectivity index (χ1v) is 6.39. The monoisotopic (exact) mass is 246 g/mol. The number of hydrogen-bond donors (Lipinski definition) is 0. The summed E-state index contributed by atoms with van der Waals surface area (Å²) in [6, 6.07) is 20.1. The molecule has 0 bridgehead atoms. The van der Waals surface area contributed by atoms with Gasteiger partial charge in [0.25, 0.3) is 0 Å². The minimum atomic E-state index is 0.128. The van der Waals surface area contributed by atoms with Crippen molar-refractivity contribution >= 4 is 17.4 Å². The Morgan fingerprint density at radius 3 is 2.16 bits per heavy atom. The van der Waals surface area contributed by atoms with Crippen molar-refractivity contribution in [2.75, 3.05) is 0 Å². The molecule has 0 radical (unpaired) electrons. The minimum Gasteiger partial charge on any atom is -0.290 e. The van der Waals surface area contributed by atoms with Crippen LogP contribution in [0.25, 0.3) is 11.6 Å². The zero-order valence-corrected chi connectivity index (χ0v) is 10.5. The van der Waals surface area contributed by atoms with E-state index in [0.29, 0.717) is 0 Å². The summed E-state index contributed by atoms with van der Waals surface area (Å²) in [4.78, 5) is 12.0. The first-order chi connectivity index (χ1) is 9.33. The number of allylic oxidation sites excluding steroid dienone is 3. The van der Waals surface area contributed by atoms with E-state index in [-0.39, 0.29) is 5.78 Å². The molecule has 0 spiro atoms. The molecule has 0 atom stereocenters. The van der Waals surface area contributed by atoms with Crippen LogP contribution in [0.2, 0.25) is 0 Å². The molecule has 0 heterocycles. The third-order valence-electron chi connectivity index (χ3n) is 3.29. The largest absolute Gasteiger partial charge is 0.290 e. The summed E-state index contributed by atoms with van der Waals surface area (Å²) < 4.78 is 0. The summed E-state index contributed by atoms with van der Waals surface area (Å²) in [5.74, 6) is 0.128. The topological polar surface area (TPSA) is 17.1 Å². The van der Waals surface area contributed by atoms with E-state index in [4.69, 9.17) is 0 Å². The Hall–Kier alpha value is -2.41. The van der Waals surface area contributed by atoms with E-state index in [2.05, 4.69) is 0 Å². The number of carbonyl (C=O) groups is 1. The summed E-state index contributed by atoms with van der Waals surface area (Å²) in [7, 11) is 0. The van der Waals surface area contributed by atoms with Gasteiger partial charge in [-0.05, 0) is 28.9 Å². The Bertz CT molecular complexity index is 649. The maximum atomic E-state index is 12.0. The second-order valence-corrected chi connectivity index (χ2v) is 4.66. The number of ketones is 1. The highest BCUT2D eigenvalue weighted by Gasteiger charge is 2.19. The molecule has 1 aliphatic rings. The molecule has 2 aromatic rings. The van der Waals surface area contributed by atoms with Crippen LogP contribution in [0.4, 0.5) is 0 Å². The van der Waals surface area contributed by atoms with Gasteiger partial charge in [0, 0.05) is 12.0 Å². The molecule has 3 rings (SSSR count). The average Bonchev–Trinajstić information content (AvgIpc) is 2.82. The van der Waals surface area contributed by atoms with Crippen LogP contribution in [0.1, 0.15) is 17.5 Å². The first kappa shape index (κ1) is 11.7. The molecule has 1 aliphatic carbocycles. The molecule has 0 N–H and O–H groups in total. The molecule has 92 valence electrons. The highest BCUT2D eigenvalue weighted by molar-refractivity contribution is 6.16. The first-order valence-electron chi connectivity index (χ1n) is 6.39. The van der Waals surface area contributed by atoms with Crippen LogP contribution in [-0.4, -0.2) is 5.78 Å². The molecule has 1 nitrogen and oxygen atoms in total. The van der Waals surface area contributed by atoms with Crippen molar-refractivity contribution in [1.29, 1.82) is 0 Å². The molecular formula is C18H14O. The third-order valence-corrected chi connectivity index (χ3v) is 3.29. The SMILES string of the molecule is O=C1C=C(c2ccccc2)C/C1=C\c1ccccc1. The lowest BCUT2D eigenvalue weighted by atomic mass is 10.0. The molecule has 0 amide bonds.